The van der Waals surface area contributed by atoms with Crippen LogP contribution in [0.15, 0.2) is 33.6 Å². The second-order valence-corrected chi connectivity index (χ2v) is 6.21. The van der Waals surface area contributed by atoms with E-state index in [0.717, 1.165) is 23.1 Å². The van der Waals surface area contributed by atoms with E-state index in [1.54, 1.807) is 18.3 Å². The van der Waals surface area contributed by atoms with Crippen LogP contribution in [0.5, 0.6) is 0 Å². The minimum atomic E-state index is -0.512. The topological polar surface area (TPSA) is 73.1 Å². The van der Waals surface area contributed by atoms with Gasteiger partial charge in [0.25, 0.3) is 5.69 Å². The lowest BCUT2D eigenvalue weighted by Crippen LogP contribution is -1.88. The molecule has 2 aromatic heterocycles. The lowest BCUT2D eigenvalue weighted by molar-refractivity contribution is -0.387. The van der Waals surface area contributed by atoms with E-state index in [4.69, 9.17) is 11.6 Å². The van der Waals surface area contributed by atoms with Gasteiger partial charge in [0.05, 0.1) is 14.8 Å². The molecule has 0 amide bonds. The summed E-state index contributed by atoms with van der Waals surface area (Å²) in [6.07, 6.45) is 1.56. The van der Waals surface area contributed by atoms with Crippen LogP contribution in [0.25, 0.3) is 0 Å². The van der Waals surface area contributed by atoms with Gasteiger partial charge in [-0.3, -0.25) is 14.9 Å². The van der Waals surface area contributed by atoms with Crippen LogP contribution in [0, 0.1) is 10.1 Å². The van der Waals surface area contributed by atoms with Crippen molar-refractivity contribution in [2.24, 2.45) is 0 Å². The molecule has 0 fully saturated rings. The minimum absolute atomic E-state index is 0.0954. The molecule has 0 aliphatic heterocycles. The van der Waals surface area contributed by atoms with Gasteiger partial charge in [0.15, 0.2) is 5.78 Å². The molecule has 0 atom stereocenters. The van der Waals surface area contributed by atoms with Gasteiger partial charge in [-0.05, 0) is 19.1 Å². The SMILES string of the molecule is CC(=O)c1cc([N+](=O)[O-])c(Sc2ncccc2Cl)s1. The first-order valence-corrected chi connectivity index (χ1v) is 7.07. The van der Waals surface area contributed by atoms with Gasteiger partial charge in [-0.15, -0.1) is 11.3 Å². The van der Waals surface area contributed by atoms with E-state index in [-0.39, 0.29) is 11.5 Å². The Hall–Kier alpha value is -1.44. The zero-order chi connectivity index (χ0) is 14.0. The third-order valence-corrected chi connectivity index (χ3v) is 4.99. The summed E-state index contributed by atoms with van der Waals surface area (Å²) >= 11 is 8.12. The highest BCUT2D eigenvalue weighted by Gasteiger charge is 2.22. The maximum absolute atomic E-state index is 11.3. The second-order valence-electron chi connectivity index (χ2n) is 3.49. The van der Waals surface area contributed by atoms with E-state index in [9.17, 15) is 14.9 Å². The Balaban J connectivity index is 2.42. The van der Waals surface area contributed by atoms with E-state index in [1.807, 2.05) is 0 Å². The van der Waals surface area contributed by atoms with Gasteiger partial charge in [0, 0.05) is 12.3 Å². The molecule has 0 saturated carbocycles. The summed E-state index contributed by atoms with van der Waals surface area (Å²) in [7, 11) is 0. The number of ketones is 1. The van der Waals surface area contributed by atoms with Crippen molar-refractivity contribution in [3.05, 3.63) is 44.4 Å². The molecule has 19 heavy (non-hydrogen) atoms. The minimum Gasteiger partial charge on any atom is -0.294 e. The second kappa shape index (κ2) is 5.68. The number of carbonyl (C=O) groups excluding carboxylic acids is 1. The number of halogens is 1. The molecule has 0 aliphatic carbocycles. The molecule has 2 heterocycles. The van der Waals surface area contributed by atoms with Gasteiger partial charge in [0.1, 0.15) is 9.24 Å². The highest BCUT2D eigenvalue weighted by Crippen LogP contribution is 2.42. The first kappa shape index (κ1) is 14.0. The van der Waals surface area contributed by atoms with E-state index in [2.05, 4.69) is 4.98 Å². The third-order valence-electron chi connectivity index (χ3n) is 2.14. The molecule has 0 saturated heterocycles. The summed E-state index contributed by atoms with van der Waals surface area (Å²) in [6, 6.07) is 4.62. The normalized spacial score (nSPS) is 10.4. The maximum atomic E-state index is 11.3. The first-order valence-electron chi connectivity index (χ1n) is 5.06. The fourth-order valence-corrected chi connectivity index (χ4v) is 3.63. The van der Waals surface area contributed by atoms with Crippen LogP contribution in [0.2, 0.25) is 5.02 Å². The number of hydrogen-bond acceptors (Lipinski definition) is 6. The number of Topliss-reactive ketones (excluding diaryl/α,β-unsaturated/α-hetero) is 1. The molecule has 0 aromatic carbocycles. The predicted octanol–water partition coefficient (Wildman–Crippen LogP) is 4.06. The van der Waals surface area contributed by atoms with Crippen molar-refractivity contribution in [1.29, 1.82) is 0 Å². The van der Waals surface area contributed by atoms with Crippen LogP contribution in [0.4, 0.5) is 5.69 Å². The summed E-state index contributed by atoms with van der Waals surface area (Å²) in [5, 5.41) is 11.9. The third kappa shape index (κ3) is 3.12. The molecule has 2 rings (SSSR count). The Bertz CT molecular complexity index is 657. The molecular weight excluding hydrogens is 308 g/mol. The van der Waals surface area contributed by atoms with Crippen molar-refractivity contribution in [2.45, 2.75) is 16.2 Å². The molecule has 0 bridgehead atoms. The van der Waals surface area contributed by atoms with Crippen LogP contribution in [-0.4, -0.2) is 15.7 Å². The van der Waals surface area contributed by atoms with Crippen molar-refractivity contribution in [2.75, 3.05) is 0 Å². The number of thiophene rings is 1. The molecule has 0 aliphatic rings. The number of nitro groups is 1. The Morgan fingerprint density at radius 3 is 2.89 bits per heavy atom. The predicted molar refractivity (Wildman–Crippen MR) is 74.3 cm³/mol. The summed E-state index contributed by atoms with van der Waals surface area (Å²) in [5.74, 6) is -0.202. The molecule has 0 unspecified atom stereocenters. The summed E-state index contributed by atoms with van der Waals surface area (Å²) in [4.78, 5) is 26.2. The zero-order valence-corrected chi connectivity index (χ0v) is 12.0. The Morgan fingerprint density at radius 1 is 1.58 bits per heavy atom. The lowest BCUT2D eigenvalue weighted by atomic mass is 10.3. The number of pyridine rings is 1. The van der Waals surface area contributed by atoms with E-state index in [0.29, 0.717) is 19.1 Å². The monoisotopic (exact) mass is 314 g/mol. The number of aromatic nitrogens is 1. The van der Waals surface area contributed by atoms with Crippen molar-refractivity contribution in [1.82, 2.24) is 4.98 Å². The molecular formula is C11H7ClN2O3S2. The quantitative estimate of drug-likeness (QED) is 0.483. The van der Waals surface area contributed by atoms with Gasteiger partial charge in [0.2, 0.25) is 0 Å². The number of nitrogens with zero attached hydrogens (tertiary/aromatic N) is 2. The van der Waals surface area contributed by atoms with Gasteiger partial charge in [-0.2, -0.15) is 0 Å². The average molecular weight is 315 g/mol. The van der Waals surface area contributed by atoms with Crippen molar-refractivity contribution in [3.8, 4) is 0 Å². The summed E-state index contributed by atoms with van der Waals surface area (Å²) in [6.45, 7) is 1.37. The number of hydrogen-bond donors (Lipinski definition) is 0. The Kier molecular flexibility index (Phi) is 4.18. The van der Waals surface area contributed by atoms with Crippen LogP contribution in [-0.2, 0) is 0 Å². The fourth-order valence-electron chi connectivity index (χ4n) is 1.27. The molecule has 8 heteroatoms. The summed E-state index contributed by atoms with van der Waals surface area (Å²) in [5.41, 5.74) is -0.0954. The van der Waals surface area contributed by atoms with Crippen molar-refractivity contribution >= 4 is 46.2 Å². The Morgan fingerprint density at radius 2 is 2.32 bits per heavy atom. The van der Waals surface area contributed by atoms with Crippen LogP contribution in [0.3, 0.4) is 0 Å². The molecule has 0 radical (unpaired) electrons. The first-order chi connectivity index (χ1) is 8.99. The smallest absolute Gasteiger partial charge is 0.294 e. The van der Waals surface area contributed by atoms with Crippen LogP contribution in [0.1, 0.15) is 16.6 Å². The van der Waals surface area contributed by atoms with Gasteiger partial charge >= 0.3 is 0 Å². The molecule has 0 N–H and O–H groups in total. The standard InChI is InChI=1S/C11H7ClN2O3S2/c1-6(15)9-5-8(14(16)17)11(18-9)19-10-7(12)3-2-4-13-10/h2-5H,1H3. The van der Waals surface area contributed by atoms with Crippen LogP contribution < -0.4 is 0 Å². The summed E-state index contributed by atoms with van der Waals surface area (Å²) < 4.78 is 0.399. The highest BCUT2D eigenvalue weighted by atomic mass is 35.5. The molecule has 98 valence electrons. The van der Waals surface area contributed by atoms with Crippen molar-refractivity contribution < 1.29 is 9.72 Å². The van der Waals surface area contributed by atoms with E-state index in [1.165, 1.54) is 13.0 Å². The molecule has 0 spiro atoms. The average Bonchev–Trinajstić information content (AvgIpc) is 2.76. The molecule has 5 nitrogen and oxygen atoms in total. The maximum Gasteiger partial charge on any atom is 0.294 e. The Labute approximate surface area is 121 Å². The van der Waals surface area contributed by atoms with E-state index < -0.39 is 4.92 Å². The van der Waals surface area contributed by atoms with Gasteiger partial charge in [-0.1, -0.05) is 23.4 Å². The molecule has 2 aromatic rings. The highest BCUT2D eigenvalue weighted by molar-refractivity contribution is 8.01. The fraction of sp³-hybridized carbons (Fsp3) is 0.0909. The van der Waals surface area contributed by atoms with Crippen LogP contribution >= 0.6 is 34.7 Å². The zero-order valence-electron chi connectivity index (χ0n) is 9.62. The van der Waals surface area contributed by atoms with Gasteiger partial charge in [-0.25, -0.2) is 4.98 Å². The van der Waals surface area contributed by atoms with E-state index >= 15 is 0 Å². The largest absolute Gasteiger partial charge is 0.294 e. The van der Waals surface area contributed by atoms with Gasteiger partial charge < -0.3 is 0 Å². The number of carbonyl (C=O) groups is 1. The lowest BCUT2D eigenvalue weighted by Gasteiger charge is -1.99. The van der Waals surface area contributed by atoms with Crippen molar-refractivity contribution in [3.63, 3.8) is 0 Å². The number of rotatable bonds is 4.